The number of benzene rings is 2. The van der Waals surface area contributed by atoms with Crippen molar-refractivity contribution >= 4 is 17.6 Å². The Labute approximate surface area is 184 Å². The van der Waals surface area contributed by atoms with Gasteiger partial charge in [0.2, 0.25) is 0 Å². The first-order valence-corrected chi connectivity index (χ1v) is 10.5. The van der Waals surface area contributed by atoms with Crippen molar-refractivity contribution < 1.29 is 19.8 Å². The number of nitrogens with zero attached hydrogens (tertiary/aromatic N) is 2. The second-order valence-electron chi connectivity index (χ2n) is 7.98. The SMILES string of the molecule is CN(C)c1ccc(CC2CCN(Cc3ccccc3)CC2)cc1.O=C(O)/C=C/C(=O)O. The van der Waals surface area contributed by atoms with Crippen LogP contribution in [0.15, 0.2) is 66.7 Å². The minimum Gasteiger partial charge on any atom is -0.478 e. The molecule has 0 amide bonds. The zero-order valence-electron chi connectivity index (χ0n) is 18.3. The molecule has 0 radical (unpaired) electrons. The molecule has 6 heteroatoms. The topological polar surface area (TPSA) is 81.1 Å². The van der Waals surface area contributed by atoms with Crippen LogP contribution in [0.25, 0.3) is 0 Å². The summed E-state index contributed by atoms with van der Waals surface area (Å²) >= 11 is 0. The van der Waals surface area contributed by atoms with Gasteiger partial charge in [0.1, 0.15) is 0 Å². The van der Waals surface area contributed by atoms with Gasteiger partial charge in [0.15, 0.2) is 0 Å². The van der Waals surface area contributed by atoms with Gasteiger partial charge in [0.05, 0.1) is 0 Å². The van der Waals surface area contributed by atoms with Crippen LogP contribution in [0.4, 0.5) is 5.69 Å². The van der Waals surface area contributed by atoms with Crippen molar-refractivity contribution in [3.8, 4) is 0 Å². The summed E-state index contributed by atoms with van der Waals surface area (Å²) in [6.07, 6.45) is 4.99. The lowest BCUT2D eigenvalue weighted by Crippen LogP contribution is -2.33. The minimum absolute atomic E-state index is 0.558. The molecule has 1 fully saturated rings. The molecule has 0 unspecified atom stereocenters. The average Bonchev–Trinajstić information content (AvgIpc) is 2.75. The van der Waals surface area contributed by atoms with Crippen molar-refractivity contribution in [1.29, 1.82) is 0 Å². The van der Waals surface area contributed by atoms with Gasteiger partial charge >= 0.3 is 11.9 Å². The van der Waals surface area contributed by atoms with Crippen LogP contribution in [-0.2, 0) is 22.6 Å². The van der Waals surface area contributed by atoms with Crippen LogP contribution in [0.2, 0.25) is 0 Å². The van der Waals surface area contributed by atoms with E-state index in [4.69, 9.17) is 10.2 Å². The van der Waals surface area contributed by atoms with Gasteiger partial charge in [0, 0.05) is 38.5 Å². The van der Waals surface area contributed by atoms with Gasteiger partial charge < -0.3 is 15.1 Å². The maximum atomic E-state index is 9.55. The van der Waals surface area contributed by atoms with E-state index >= 15 is 0 Å². The highest BCUT2D eigenvalue weighted by Gasteiger charge is 2.19. The Morgan fingerprint density at radius 1 is 0.903 bits per heavy atom. The van der Waals surface area contributed by atoms with Crippen LogP contribution >= 0.6 is 0 Å². The lowest BCUT2D eigenvalue weighted by molar-refractivity contribution is -0.134. The molecule has 166 valence electrons. The van der Waals surface area contributed by atoms with Crippen molar-refractivity contribution in [2.45, 2.75) is 25.8 Å². The summed E-state index contributed by atoms with van der Waals surface area (Å²) in [5.41, 5.74) is 4.20. The number of piperidine rings is 1. The maximum absolute atomic E-state index is 9.55. The highest BCUT2D eigenvalue weighted by molar-refractivity contribution is 5.89. The number of carboxylic acids is 2. The molecule has 0 saturated carbocycles. The Kier molecular flexibility index (Phi) is 9.78. The first kappa shape index (κ1) is 24.2. The predicted octanol–water partition coefficient (Wildman–Crippen LogP) is 3.92. The number of hydrogen-bond donors (Lipinski definition) is 2. The lowest BCUT2D eigenvalue weighted by Gasteiger charge is -2.32. The fourth-order valence-electron chi connectivity index (χ4n) is 3.60. The molecule has 1 aliphatic heterocycles. The van der Waals surface area contributed by atoms with Crippen LogP contribution in [0, 0.1) is 5.92 Å². The number of carbonyl (C=O) groups is 2. The molecule has 2 aromatic carbocycles. The summed E-state index contributed by atoms with van der Waals surface area (Å²) in [7, 11) is 4.19. The van der Waals surface area contributed by atoms with E-state index in [-0.39, 0.29) is 0 Å². The second-order valence-corrected chi connectivity index (χ2v) is 7.98. The van der Waals surface area contributed by atoms with Gasteiger partial charge in [-0.05, 0) is 61.5 Å². The predicted molar refractivity (Wildman–Crippen MR) is 123 cm³/mol. The lowest BCUT2D eigenvalue weighted by atomic mass is 9.90. The molecule has 0 aromatic heterocycles. The van der Waals surface area contributed by atoms with Crippen molar-refractivity contribution in [3.05, 3.63) is 77.9 Å². The Hall–Kier alpha value is -3.12. The summed E-state index contributed by atoms with van der Waals surface area (Å²) in [6, 6.07) is 19.9. The van der Waals surface area contributed by atoms with E-state index in [2.05, 4.69) is 78.5 Å². The molecule has 31 heavy (non-hydrogen) atoms. The molecule has 0 bridgehead atoms. The zero-order valence-corrected chi connectivity index (χ0v) is 18.3. The van der Waals surface area contributed by atoms with Crippen LogP contribution in [0.5, 0.6) is 0 Å². The smallest absolute Gasteiger partial charge is 0.328 e. The Morgan fingerprint density at radius 3 is 1.94 bits per heavy atom. The van der Waals surface area contributed by atoms with Gasteiger partial charge in [-0.25, -0.2) is 9.59 Å². The number of carboxylic acid groups (broad SMARTS) is 2. The number of rotatable bonds is 7. The third-order valence-electron chi connectivity index (χ3n) is 5.30. The number of aliphatic carboxylic acids is 2. The normalized spacial score (nSPS) is 14.6. The van der Waals surface area contributed by atoms with Crippen molar-refractivity contribution in [1.82, 2.24) is 4.90 Å². The largest absolute Gasteiger partial charge is 0.478 e. The molecular formula is C25H32N2O4. The number of likely N-dealkylation sites (tertiary alicyclic amines) is 1. The van der Waals surface area contributed by atoms with Crippen LogP contribution in [0.1, 0.15) is 24.0 Å². The molecule has 3 rings (SSSR count). The summed E-state index contributed by atoms with van der Waals surface area (Å²) in [4.78, 5) is 23.9. The van der Waals surface area contributed by atoms with Gasteiger partial charge in [-0.1, -0.05) is 42.5 Å². The second kappa shape index (κ2) is 12.5. The fourth-order valence-corrected chi connectivity index (χ4v) is 3.60. The highest BCUT2D eigenvalue weighted by Crippen LogP contribution is 2.24. The summed E-state index contributed by atoms with van der Waals surface area (Å²) in [5.74, 6) is -1.67. The van der Waals surface area contributed by atoms with E-state index in [9.17, 15) is 9.59 Å². The summed E-state index contributed by atoms with van der Waals surface area (Å²) in [5, 5.41) is 15.6. The van der Waals surface area contributed by atoms with Crippen LogP contribution < -0.4 is 4.90 Å². The molecular weight excluding hydrogens is 392 g/mol. The molecule has 1 saturated heterocycles. The van der Waals surface area contributed by atoms with E-state index in [1.54, 1.807) is 0 Å². The van der Waals surface area contributed by atoms with E-state index in [0.29, 0.717) is 12.2 Å². The van der Waals surface area contributed by atoms with Crippen LogP contribution in [0.3, 0.4) is 0 Å². The highest BCUT2D eigenvalue weighted by atomic mass is 16.4. The van der Waals surface area contributed by atoms with Crippen molar-refractivity contribution in [3.63, 3.8) is 0 Å². The van der Waals surface area contributed by atoms with Gasteiger partial charge in [-0.15, -0.1) is 0 Å². The van der Waals surface area contributed by atoms with Gasteiger partial charge in [-0.2, -0.15) is 0 Å². The van der Waals surface area contributed by atoms with E-state index in [1.165, 1.54) is 49.2 Å². The minimum atomic E-state index is -1.26. The molecule has 1 heterocycles. The Balaban J connectivity index is 0.000000366. The monoisotopic (exact) mass is 424 g/mol. The standard InChI is InChI=1S/C21H28N2.C4H4O4/c1-22(2)21-10-8-18(9-11-21)16-19-12-14-23(15-13-19)17-20-6-4-3-5-7-20;5-3(6)1-2-4(7)8/h3-11,19H,12-17H2,1-2H3;1-2H,(H,5,6)(H,7,8)/b;2-1+. The third kappa shape index (κ3) is 9.49. The first-order valence-electron chi connectivity index (χ1n) is 10.5. The third-order valence-corrected chi connectivity index (χ3v) is 5.30. The molecule has 2 N–H and O–H groups in total. The Morgan fingerprint density at radius 2 is 1.45 bits per heavy atom. The summed E-state index contributed by atoms with van der Waals surface area (Å²) in [6.45, 7) is 3.57. The molecule has 0 aliphatic carbocycles. The fraction of sp³-hybridized carbons (Fsp3) is 0.360. The van der Waals surface area contributed by atoms with E-state index in [1.807, 2.05) is 0 Å². The van der Waals surface area contributed by atoms with Gasteiger partial charge in [0.25, 0.3) is 0 Å². The molecule has 1 aliphatic rings. The number of anilines is 1. The molecule has 6 nitrogen and oxygen atoms in total. The van der Waals surface area contributed by atoms with Crippen molar-refractivity contribution in [2.24, 2.45) is 5.92 Å². The van der Waals surface area contributed by atoms with Crippen molar-refractivity contribution in [2.75, 3.05) is 32.1 Å². The Bertz CT molecular complexity index is 824. The van der Waals surface area contributed by atoms with Gasteiger partial charge in [-0.3, -0.25) is 4.90 Å². The van der Waals surface area contributed by atoms with Crippen LogP contribution in [-0.4, -0.2) is 54.2 Å². The average molecular weight is 425 g/mol. The molecule has 0 spiro atoms. The number of hydrogen-bond acceptors (Lipinski definition) is 4. The van der Waals surface area contributed by atoms with E-state index < -0.39 is 11.9 Å². The molecule has 2 aromatic rings. The maximum Gasteiger partial charge on any atom is 0.328 e. The zero-order chi connectivity index (χ0) is 22.6. The molecule has 0 atom stereocenters. The summed E-state index contributed by atoms with van der Waals surface area (Å²) < 4.78 is 0. The van der Waals surface area contributed by atoms with E-state index in [0.717, 1.165) is 12.5 Å². The first-order chi connectivity index (χ1) is 14.8. The quantitative estimate of drug-likeness (QED) is 0.656.